The van der Waals surface area contributed by atoms with E-state index in [4.69, 9.17) is 0 Å². The number of hydrogen-bond donors (Lipinski definition) is 1. The zero-order valence-electron chi connectivity index (χ0n) is 13.7. The van der Waals surface area contributed by atoms with Gasteiger partial charge in [0.05, 0.1) is 16.4 Å². The molecule has 0 radical (unpaired) electrons. The number of nitrogens with one attached hydrogen (secondary N) is 1. The number of hydrogen-bond acceptors (Lipinski definition) is 8. The first kappa shape index (κ1) is 18.3. The molecule has 3 rings (SSSR count). The summed E-state index contributed by atoms with van der Waals surface area (Å²) in [6.45, 7) is -0.124. The van der Waals surface area contributed by atoms with E-state index in [9.17, 15) is 23.3 Å². The van der Waals surface area contributed by atoms with Gasteiger partial charge in [-0.15, -0.1) is 5.10 Å². The van der Waals surface area contributed by atoms with Crippen molar-refractivity contribution in [3.63, 3.8) is 0 Å². The van der Waals surface area contributed by atoms with Crippen LogP contribution in [0.1, 0.15) is 0 Å². The Morgan fingerprint density at radius 2 is 1.89 bits per heavy atom. The van der Waals surface area contributed by atoms with Crippen LogP contribution in [0.15, 0.2) is 58.7 Å². The minimum Gasteiger partial charge on any atom is -0.268 e. The van der Waals surface area contributed by atoms with Gasteiger partial charge >= 0.3 is 0 Å². The number of nitro benzene ring substituents is 1. The van der Waals surface area contributed by atoms with Crippen LogP contribution < -0.4 is 10.3 Å². The summed E-state index contributed by atoms with van der Waals surface area (Å²) in [6, 6.07) is 7.22. The van der Waals surface area contributed by atoms with E-state index in [0.29, 0.717) is 5.82 Å². The number of rotatable bonds is 7. The fraction of sp³-hybridized carbons (Fsp3) is 0.143. The molecule has 0 aliphatic carbocycles. The summed E-state index contributed by atoms with van der Waals surface area (Å²) in [5, 5.41) is 18.6. The molecule has 0 unspecified atom stereocenters. The SMILES string of the molecule is O=c1ccc(-n2cncn2)nn1CCNS(=O)(=O)c1ccc([N+](=O)[O-])cc1. The topological polar surface area (TPSA) is 155 Å². The van der Waals surface area contributed by atoms with Gasteiger partial charge in [0.1, 0.15) is 12.7 Å². The molecule has 1 N–H and O–H groups in total. The third kappa shape index (κ3) is 4.21. The van der Waals surface area contributed by atoms with Crippen molar-refractivity contribution >= 4 is 15.7 Å². The fourth-order valence-electron chi connectivity index (χ4n) is 2.16. The highest BCUT2D eigenvalue weighted by molar-refractivity contribution is 7.89. The van der Waals surface area contributed by atoms with Gasteiger partial charge in [-0.25, -0.2) is 27.5 Å². The van der Waals surface area contributed by atoms with Gasteiger partial charge in [-0.05, 0) is 18.2 Å². The van der Waals surface area contributed by atoms with Crippen LogP contribution in [-0.2, 0) is 16.6 Å². The largest absolute Gasteiger partial charge is 0.269 e. The molecule has 0 saturated heterocycles. The summed E-state index contributed by atoms with van der Waals surface area (Å²) in [5.74, 6) is 0.352. The van der Waals surface area contributed by atoms with Crippen LogP contribution in [0, 0.1) is 10.1 Å². The molecule has 3 aromatic rings. The first-order valence-electron chi connectivity index (χ1n) is 7.54. The van der Waals surface area contributed by atoms with Crippen molar-refractivity contribution in [3.05, 3.63) is 69.5 Å². The van der Waals surface area contributed by atoms with E-state index in [1.807, 2.05) is 0 Å². The molecular weight excluding hydrogens is 378 g/mol. The van der Waals surface area contributed by atoms with Crippen LogP contribution in [0.4, 0.5) is 5.69 Å². The van der Waals surface area contributed by atoms with Crippen LogP contribution in [0.25, 0.3) is 5.82 Å². The summed E-state index contributed by atoms with van der Waals surface area (Å²) < 4.78 is 29.2. The molecule has 140 valence electrons. The molecule has 0 bridgehead atoms. The Kier molecular flexibility index (Phi) is 5.05. The highest BCUT2D eigenvalue weighted by Crippen LogP contribution is 2.15. The quantitative estimate of drug-likeness (QED) is 0.425. The van der Waals surface area contributed by atoms with Gasteiger partial charge in [0.2, 0.25) is 10.0 Å². The zero-order valence-corrected chi connectivity index (χ0v) is 14.5. The predicted octanol–water partition coefficient (Wildman–Crippen LogP) is -0.289. The Hall–Kier alpha value is -3.45. The molecule has 0 fully saturated rings. The maximum atomic E-state index is 12.2. The Labute approximate surface area is 152 Å². The lowest BCUT2D eigenvalue weighted by atomic mass is 10.3. The third-order valence-corrected chi connectivity index (χ3v) is 4.96. The van der Waals surface area contributed by atoms with E-state index in [0.717, 1.165) is 28.9 Å². The molecule has 0 atom stereocenters. The summed E-state index contributed by atoms with van der Waals surface area (Å²) in [5.41, 5.74) is -0.622. The molecule has 13 heteroatoms. The average Bonchev–Trinajstić information content (AvgIpc) is 3.18. The maximum Gasteiger partial charge on any atom is 0.269 e. The lowest BCUT2D eigenvalue weighted by Crippen LogP contribution is -2.32. The lowest BCUT2D eigenvalue weighted by molar-refractivity contribution is -0.384. The van der Waals surface area contributed by atoms with Crippen molar-refractivity contribution < 1.29 is 13.3 Å². The van der Waals surface area contributed by atoms with Gasteiger partial charge in [0.25, 0.3) is 11.2 Å². The van der Waals surface area contributed by atoms with Crippen molar-refractivity contribution in [2.75, 3.05) is 6.54 Å². The lowest BCUT2D eigenvalue weighted by Gasteiger charge is -2.09. The minimum atomic E-state index is -3.88. The Morgan fingerprint density at radius 3 is 2.52 bits per heavy atom. The molecule has 2 aromatic heterocycles. The zero-order chi connectivity index (χ0) is 19.4. The number of non-ortho nitro benzene ring substituents is 1. The van der Waals surface area contributed by atoms with Gasteiger partial charge in [0, 0.05) is 24.7 Å². The van der Waals surface area contributed by atoms with Crippen molar-refractivity contribution in [2.24, 2.45) is 0 Å². The summed E-state index contributed by atoms with van der Waals surface area (Å²) in [7, 11) is -3.88. The molecule has 1 aromatic carbocycles. The second-order valence-corrected chi connectivity index (χ2v) is 7.01. The number of aromatic nitrogens is 5. The molecule has 0 saturated carbocycles. The summed E-state index contributed by atoms with van der Waals surface area (Å²) >= 11 is 0. The second-order valence-electron chi connectivity index (χ2n) is 5.24. The fourth-order valence-corrected chi connectivity index (χ4v) is 3.18. The molecule has 0 aliphatic rings. The predicted molar refractivity (Wildman–Crippen MR) is 91.7 cm³/mol. The molecule has 2 heterocycles. The highest BCUT2D eigenvalue weighted by Gasteiger charge is 2.15. The first-order chi connectivity index (χ1) is 12.9. The normalized spacial score (nSPS) is 11.4. The van der Waals surface area contributed by atoms with E-state index < -0.39 is 20.5 Å². The van der Waals surface area contributed by atoms with Gasteiger partial charge in [-0.2, -0.15) is 5.10 Å². The smallest absolute Gasteiger partial charge is 0.268 e. The van der Waals surface area contributed by atoms with Crippen LogP contribution in [0.2, 0.25) is 0 Å². The van der Waals surface area contributed by atoms with E-state index in [2.05, 4.69) is 19.9 Å². The van der Waals surface area contributed by atoms with Gasteiger partial charge in [0.15, 0.2) is 5.82 Å². The summed E-state index contributed by atoms with van der Waals surface area (Å²) in [4.78, 5) is 25.6. The Balaban J connectivity index is 1.69. The minimum absolute atomic E-state index is 0.0203. The van der Waals surface area contributed by atoms with Crippen molar-refractivity contribution in [3.8, 4) is 5.82 Å². The maximum absolute atomic E-state index is 12.2. The van der Waals surface area contributed by atoms with E-state index >= 15 is 0 Å². The highest BCUT2D eigenvalue weighted by atomic mass is 32.2. The number of nitro groups is 1. The molecule has 0 amide bonds. The van der Waals surface area contributed by atoms with Crippen molar-refractivity contribution in [1.82, 2.24) is 29.3 Å². The van der Waals surface area contributed by atoms with E-state index in [1.165, 1.54) is 29.5 Å². The standard InChI is InChI=1S/C14H13N7O5S/c22-14-6-5-13(20-10-15-9-16-20)18-19(14)8-7-17-27(25,26)12-3-1-11(2-4-12)21(23)24/h1-6,9-10,17H,7-8H2. The number of benzene rings is 1. The summed E-state index contributed by atoms with van der Waals surface area (Å²) in [6.07, 6.45) is 2.73. The number of nitrogens with zero attached hydrogens (tertiary/aromatic N) is 6. The molecular formula is C14H13N7O5S. The van der Waals surface area contributed by atoms with Crippen LogP contribution in [0.5, 0.6) is 0 Å². The Morgan fingerprint density at radius 1 is 1.15 bits per heavy atom. The Bertz CT molecular complexity index is 1110. The van der Waals surface area contributed by atoms with Gasteiger partial charge in [-0.1, -0.05) is 0 Å². The first-order valence-corrected chi connectivity index (χ1v) is 9.02. The molecule has 12 nitrogen and oxygen atoms in total. The van der Waals surface area contributed by atoms with Crippen LogP contribution >= 0.6 is 0 Å². The molecule has 27 heavy (non-hydrogen) atoms. The van der Waals surface area contributed by atoms with Crippen molar-refractivity contribution in [1.29, 1.82) is 0 Å². The second kappa shape index (κ2) is 7.43. The van der Waals surface area contributed by atoms with E-state index in [1.54, 1.807) is 0 Å². The van der Waals surface area contributed by atoms with Crippen molar-refractivity contribution in [2.45, 2.75) is 11.4 Å². The van der Waals surface area contributed by atoms with Gasteiger partial charge < -0.3 is 0 Å². The third-order valence-electron chi connectivity index (χ3n) is 3.48. The molecule has 0 spiro atoms. The van der Waals surface area contributed by atoms with Gasteiger partial charge in [-0.3, -0.25) is 14.9 Å². The van der Waals surface area contributed by atoms with E-state index in [-0.39, 0.29) is 23.7 Å². The average molecular weight is 391 g/mol. The monoisotopic (exact) mass is 391 g/mol. The van der Waals surface area contributed by atoms with Crippen LogP contribution in [0.3, 0.4) is 0 Å². The number of sulfonamides is 1. The van der Waals surface area contributed by atoms with Crippen LogP contribution in [-0.4, -0.2) is 44.4 Å². The molecule has 0 aliphatic heterocycles.